The molecule has 0 atom stereocenters. The molecule has 17 heavy (non-hydrogen) atoms. The molecular weight excluding hydrogens is 212 g/mol. The zero-order valence-electron chi connectivity index (χ0n) is 10.1. The van der Waals surface area contributed by atoms with Crippen LogP contribution in [0.4, 0.5) is 5.82 Å². The van der Waals surface area contributed by atoms with E-state index in [1.807, 2.05) is 37.3 Å². The van der Waals surface area contributed by atoms with Gasteiger partial charge in [0, 0.05) is 11.8 Å². The summed E-state index contributed by atoms with van der Waals surface area (Å²) in [6, 6.07) is 9.85. The van der Waals surface area contributed by atoms with Crippen molar-refractivity contribution >= 4 is 5.82 Å². The van der Waals surface area contributed by atoms with Crippen LogP contribution in [0.1, 0.15) is 12.5 Å². The standard InChI is InChI=1S/C14H16N2O/c1-3-17-12-5-6-13(10(2)8-12)11-4-7-14(15)16-9-11/h4-9H,3H2,1-2H3,(H2,15,16). The summed E-state index contributed by atoms with van der Waals surface area (Å²) in [4.78, 5) is 4.10. The molecule has 0 bridgehead atoms. The second-order valence-corrected chi connectivity index (χ2v) is 3.88. The lowest BCUT2D eigenvalue weighted by molar-refractivity contribution is 0.340. The molecule has 2 aromatic rings. The maximum Gasteiger partial charge on any atom is 0.123 e. The van der Waals surface area contributed by atoms with Crippen LogP contribution >= 0.6 is 0 Å². The summed E-state index contributed by atoms with van der Waals surface area (Å²) in [6.07, 6.45) is 1.79. The molecule has 0 unspecified atom stereocenters. The molecule has 0 radical (unpaired) electrons. The Morgan fingerprint density at radius 1 is 1.24 bits per heavy atom. The quantitative estimate of drug-likeness (QED) is 0.878. The third-order valence-corrected chi connectivity index (χ3v) is 2.61. The number of anilines is 1. The molecule has 0 saturated carbocycles. The van der Waals surface area contributed by atoms with Gasteiger partial charge >= 0.3 is 0 Å². The van der Waals surface area contributed by atoms with Crippen LogP contribution in [0.2, 0.25) is 0 Å². The van der Waals surface area contributed by atoms with E-state index in [1.54, 1.807) is 6.20 Å². The van der Waals surface area contributed by atoms with E-state index in [1.165, 1.54) is 5.56 Å². The van der Waals surface area contributed by atoms with Crippen LogP contribution in [0.25, 0.3) is 11.1 Å². The second-order valence-electron chi connectivity index (χ2n) is 3.88. The highest BCUT2D eigenvalue weighted by atomic mass is 16.5. The highest BCUT2D eigenvalue weighted by Gasteiger charge is 2.03. The van der Waals surface area contributed by atoms with Gasteiger partial charge in [0.2, 0.25) is 0 Å². The Hall–Kier alpha value is -2.03. The van der Waals surface area contributed by atoms with Crippen molar-refractivity contribution in [3.8, 4) is 16.9 Å². The molecule has 1 aromatic heterocycles. The van der Waals surface area contributed by atoms with Crippen molar-refractivity contribution in [3.63, 3.8) is 0 Å². The van der Waals surface area contributed by atoms with Gasteiger partial charge in [0.1, 0.15) is 11.6 Å². The first kappa shape index (κ1) is 11.5. The van der Waals surface area contributed by atoms with E-state index >= 15 is 0 Å². The van der Waals surface area contributed by atoms with Crippen LogP contribution in [0.3, 0.4) is 0 Å². The molecule has 0 aliphatic rings. The van der Waals surface area contributed by atoms with Gasteiger partial charge in [-0.15, -0.1) is 0 Å². The molecule has 0 spiro atoms. The lowest BCUT2D eigenvalue weighted by atomic mass is 10.0. The number of aryl methyl sites for hydroxylation is 1. The number of nitrogens with zero attached hydrogens (tertiary/aromatic N) is 1. The van der Waals surface area contributed by atoms with Crippen molar-refractivity contribution in [2.75, 3.05) is 12.3 Å². The number of nitrogens with two attached hydrogens (primary N) is 1. The summed E-state index contributed by atoms with van der Waals surface area (Å²) in [5, 5.41) is 0. The molecule has 3 nitrogen and oxygen atoms in total. The van der Waals surface area contributed by atoms with Gasteiger partial charge in [0.05, 0.1) is 6.61 Å². The minimum absolute atomic E-state index is 0.539. The Balaban J connectivity index is 2.36. The van der Waals surface area contributed by atoms with Crippen molar-refractivity contribution in [1.82, 2.24) is 4.98 Å². The number of hydrogen-bond acceptors (Lipinski definition) is 3. The van der Waals surface area contributed by atoms with Gasteiger partial charge in [-0.05, 0) is 49.2 Å². The number of pyridine rings is 1. The predicted molar refractivity (Wildman–Crippen MR) is 70.0 cm³/mol. The molecule has 0 amide bonds. The molecule has 0 saturated heterocycles. The van der Waals surface area contributed by atoms with E-state index in [-0.39, 0.29) is 0 Å². The predicted octanol–water partition coefficient (Wildman–Crippen LogP) is 3.04. The smallest absolute Gasteiger partial charge is 0.123 e. The first-order valence-electron chi connectivity index (χ1n) is 5.66. The molecule has 1 aromatic carbocycles. The largest absolute Gasteiger partial charge is 0.494 e. The van der Waals surface area contributed by atoms with Crippen LogP contribution < -0.4 is 10.5 Å². The van der Waals surface area contributed by atoms with Crippen molar-refractivity contribution in [2.24, 2.45) is 0 Å². The fourth-order valence-electron chi connectivity index (χ4n) is 1.78. The van der Waals surface area contributed by atoms with Gasteiger partial charge in [0.15, 0.2) is 0 Å². The third-order valence-electron chi connectivity index (χ3n) is 2.61. The second kappa shape index (κ2) is 4.87. The number of rotatable bonds is 3. The summed E-state index contributed by atoms with van der Waals surface area (Å²) in [5.41, 5.74) is 8.97. The number of hydrogen-bond donors (Lipinski definition) is 1. The molecule has 2 N–H and O–H groups in total. The van der Waals surface area contributed by atoms with Gasteiger partial charge < -0.3 is 10.5 Å². The SMILES string of the molecule is CCOc1ccc(-c2ccc(N)nc2)c(C)c1. The molecule has 0 fully saturated rings. The Bertz CT molecular complexity index is 506. The Morgan fingerprint density at radius 2 is 2.06 bits per heavy atom. The Kier molecular flexibility index (Phi) is 3.28. The fraction of sp³-hybridized carbons (Fsp3) is 0.214. The molecular formula is C14H16N2O. The molecule has 88 valence electrons. The minimum atomic E-state index is 0.539. The maximum atomic E-state index is 5.58. The van der Waals surface area contributed by atoms with Gasteiger partial charge in [-0.25, -0.2) is 4.98 Å². The van der Waals surface area contributed by atoms with E-state index in [2.05, 4.69) is 11.9 Å². The van der Waals surface area contributed by atoms with Crippen LogP contribution in [0.15, 0.2) is 36.5 Å². The van der Waals surface area contributed by atoms with Gasteiger partial charge in [-0.3, -0.25) is 0 Å². The number of nitrogen functional groups attached to an aromatic ring is 1. The number of benzene rings is 1. The van der Waals surface area contributed by atoms with Crippen LogP contribution in [0.5, 0.6) is 5.75 Å². The van der Waals surface area contributed by atoms with E-state index in [0.29, 0.717) is 12.4 Å². The summed E-state index contributed by atoms with van der Waals surface area (Å²) >= 11 is 0. The molecule has 0 aliphatic carbocycles. The average Bonchev–Trinajstić information content (AvgIpc) is 2.31. The first-order valence-corrected chi connectivity index (χ1v) is 5.66. The lowest BCUT2D eigenvalue weighted by Crippen LogP contribution is -1.93. The Labute approximate surface area is 101 Å². The first-order chi connectivity index (χ1) is 8.20. The highest BCUT2D eigenvalue weighted by molar-refractivity contribution is 5.68. The molecule has 2 rings (SSSR count). The lowest BCUT2D eigenvalue weighted by Gasteiger charge is -2.09. The molecule has 1 heterocycles. The molecule has 0 aliphatic heterocycles. The van der Waals surface area contributed by atoms with Gasteiger partial charge in [-0.1, -0.05) is 6.07 Å². The topological polar surface area (TPSA) is 48.1 Å². The van der Waals surface area contributed by atoms with Gasteiger partial charge in [-0.2, -0.15) is 0 Å². The average molecular weight is 228 g/mol. The van der Waals surface area contributed by atoms with Crippen LogP contribution in [-0.2, 0) is 0 Å². The van der Waals surface area contributed by atoms with Crippen molar-refractivity contribution in [3.05, 3.63) is 42.1 Å². The summed E-state index contributed by atoms with van der Waals surface area (Å²) in [5.74, 6) is 1.44. The van der Waals surface area contributed by atoms with Crippen molar-refractivity contribution < 1.29 is 4.74 Å². The number of aromatic nitrogens is 1. The fourth-order valence-corrected chi connectivity index (χ4v) is 1.78. The monoisotopic (exact) mass is 228 g/mol. The van der Waals surface area contributed by atoms with E-state index in [0.717, 1.165) is 16.9 Å². The van der Waals surface area contributed by atoms with E-state index < -0.39 is 0 Å². The third kappa shape index (κ3) is 2.56. The summed E-state index contributed by atoms with van der Waals surface area (Å²) < 4.78 is 5.46. The molecule has 3 heteroatoms. The highest BCUT2D eigenvalue weighted by Crippen LogP contribution is 2.26. The summed E-state index contributed by atoms with van der Waals surface area (Å²) in [6.45, 7) is 4.73. The zero-order chi connectivity index (χ0) is 12.3. The van der Waals surface area contributed by atoms with Crippen molar-refractivity contribution in [2.45, 2.75) is 13.8 Å². The normalized spacial score (nSPS) is 10.2. The van der Waals surface area contributed by atoms with Gasteiger partial charge in [0.25, 0.3) is 0 Å². The zero-order valence-corrected chi connectivity index (χ0v) is 10.1. The maximum absolute atomic E-state index is 5.58. The summed E-state index contributed by atoms with van der Waals surface area (Å²) in [7, 11) is 0. The van der Waals surface area contributed by atoms with E-state index in [4.69, 9.17) is 10.5 Å². The minimum Gasteiger partial charge on any atom is -0.494 e. The van der Waals surface area contributed by atoms with E-state index in [9.17, 15) is 0 Å². The number of ether oxygens (including phenoxy) is 1. The van der Waals surface area contributed by atoms with Crippen LogP contribution in [0, 0.1) is 6.92 Å². The Morgan fingerprint density at radius 3 is 2.65 bits per heavy atom. The van der Waals surface area contributed by atoms with Crippen molar-refractivity contribution in [1.29, 1.82) is 0 Å². The van der Waals surface area contributed by atoms with Crippen LogP contribution in [-0.4, -0.2) is 11.6 Å².